The summed E-state index contributed by atoms with van der Waals surface area (Å²) in [5, 5.41) is 16.5. The number of hydrogen-bond donors (Lipinski definition) is 2. The van der Waals surface area contributed by atoms with Crippen molar-refractivity contribution < 1.29 is 4.79 Å². The molecular formula is C14H24N4OS. The predicted octanol–water partition coefficient (Wildman–Crippen LogP) is 1.84. The Bertz CT molecular complexity index is 446. The van der Waals surface area contributed by atoms with Crippen LogP contribution < -0.4 is 10.6 Å². The number of nitrogens with one attached hydrogen (secondary N) is 2. The number of carbonyl (C=O) groups is 1. The largest absolute Gasteiger partial charge is 0.350 e. The van der Waals surface area contributed by atoms with Crippen LogP contribution in [0, 0.1) is 5.92 Å². The molecule has 0 spiro atoms. The van der Waals surface area contributed by atoms with Gasteiger partial charge in [0.15, 0.2) is 0 Å². The molecule has 0 bridgehead atoms. The van der Waals surface area contributed by atoms with Gasteiger partial charge in [0.25, 0.3) is 0 Å². The molecule has 1 amide bonds. The lowest BCUT2D eigenvalue weighted by Crippen LogP contribution is -2.23. The first-order chi connectivity index (χ1) is 9.45. The first-order valence-corrected chi connectivity index (χ1v) is 8.07. The molecular weight excluding hydrogens is 272 g/mol. The molecule has 1 aromatic rings. The van der Waals surface area contributed by atoms with Gasteiger partial charge >= 0.3 is 0 Å². The van der Waals surface area contributed by atoms with Gasteiger partial charge in [0.2, 0.25) is 5.91 Å². The highest BCUT2D eigenvalue weighted by Crippen LogP contribution is 2.25. The number of aromatic nitrogens is 2. The molecule has 6 heteroatoms. The van der Waals surface area contributed by atoms with Gasteiger partial charge in [-0.05, 0) is 31.8 Å². The Morgan fingerprint density at radius 1 is 1.45 bits per heavy atom. The van der Waals surface area contributed by atoms with E-state index in [0.29, 0.717) is 18.9 Å². The number of rotatable bonds is 5. The van der Waals surface area contributed by atoms with E-state index in [1.165, 1.54) is 6.42 Å². The SMILES string of the molecule is CC(C)(C)c1nnc(CNC(=O)CCC2CCNC2)s1. The van der Waals surface area contributed by atoms with Crippen molar-refractivity contribution in [2.75, 3.05) is 13.1 Å². The molecule has 1 unspecified atom stereocenters. The molecule has 1 saturated heterocycles. The Hall–Kier alpha value is -1.01. The van der Waals surface area contributed by atoms with Gasteiger partial charge in [-0.15, -0.1) is 10.2 Å². The summed E-state index contributed by atoms with van der Waals surface area (Å²) >= 11 is 1.58. The van der Waals surface area contributed by atoms with Crippen LogP contribution in [0.2, 0.25) is 0 Å². The average molecular weight is 296 g/mol. The lowest BCUT2D eigenvalue weighted by molar-refractivity contribution is -0.121. The minimum atomic E-state index is 0.0232. The maximum absolute atomic E-state index is 11.8. The van der Waals surface area contributed by atoms with Crippen LogP contribution in [0.5, 0.6) is 0 Å². The number of amides is 1. The van der Waals surface area contributed by atoms with Crippen LogP contribution in [0.25, 0.3) is 0 Å². The second kappa shape index (κ2) is 6.63. The molecule has 1 fully saturated rings. The zero-order valence-corrected chi connectivity index (χ0v) is 13.3. The van der Waals surface area contributed by atoms with Gasteiger partial charge in [0.05, 0.1) is 6.54 Å². The summed E-state index contributed by atoms with van der Waals surface area (Å²) in [5.74, 6) is 0.777. The van der Waals surface area contributed by atoms with Crippen LogP contribution in [-0.4, -0.2) is 29.2 Å². The smallest absolute Gasteiger partial charge is 0.220 e. The van der Waals surface area contributed by atoms with Gasteiger partial charge in [0.1, 0.15) is 10.0 Å². The second-order valence-corrected chi connectivity index (χ2v) is 7.49. The van der Waals surface area contributed by atoms with Gasteiger partial charge in [-0.1, -0.05) is 32.1 Å². The van der Waals surface area contributed by atoms with E-state index in [9.17, 15) is 4.79 Å². The summed E-state index contributed by atoms with van der Waals surface area (Å²) in [6.07, 6.45) is 2.78. The molecule has 0 aromatic carbocycles. The van der Waals surface area contributed by atoms with Gasteiger partial charge in [-0.2, -0.15) is 0 Å². The Kier molecular flexibility index (Phi) is 5.10. The first-order valence-electron chi connectivity index (χ1n) is 7.25. The summed E-state index contributed by atoms with van der Waals surface area (Å²) in [6.45, 7) is 8.99. The highest BCUT2D eigenvalue weighted by atomic mass is 32.1. The van der Waals surface area contributed by atoms with Crippen LogP contribution in [0.4, 0.5) is 0 Å². The standard InChI is InChI=1S/C14H24N4OS/c1-14(2,3)13-18-17-12(20-13)9-16-11(19)5-4-10-6-7-15-8-10/h10,15H,4-9H2,1-3H3,(H,16,19). The Balaban J connectivity index is 1.71. The molecule has 2 heterocycles. The summed E-state index contributed by atoms with van der Waals surface area (Å²) < 4.78 is 0. The minimum absolute atomic E-state index is 0.0232. The second-order valence-electron chi connectivity index (χ2n) is 6.43. The van der Waals surface area contributed by atoms with E-state index in [2.05, 4.69) is 41.6 Å². The molecule has 0 saturated carbocycles. The van der Waals surface area contributed by atoms with E-state index >= 15 is 0 Å². The summed E-state index contributed by atoms with van der Waals surface area (Å²) in [5.41, 5.74) is 0.0232. The Morgan fingerprint density at radius 2 is 2.25 bits per heavy atom. The Morgan fingerprint density at radius 3 is 2.85 bits per heavy atom. The van der Waals surface area contributed by atoms with E-state index in [4.69, 9.17) is 0 Å². The molecule has 112 valence electrons. The van der Waals surface area contributed by atoms with Crippen molar-refractivity contribution >= 4 is 17.2 Å². The molecule has 1 aliphatic heterocycles. The highest BCUT2D eigenvalue weighted by molar-refractivity contribution is 7.11. The van der Waals surface area contributed by atoms with Gasteiger partial charge in [-0.3, -0.25) is 4.79 Å². The molecule has 2 rings (SSSR count). The lowest BCUT2D eigenvalue weighted by atomic mass is 9.98. The minimum Gasteiger partial charge on any atom is -0.350 e. The van der Waals surface area contributed by atoms with Gasteiger partial charge in [0, 0.05) is 11.8 Å². The third-order valence-electron chi connectivity index (χ3n) is 3.49. The molecule has 1 aromatic heterocycles. The molecule has 0 radical (unpaired) electrons. The van der Waals surface area contributed by atoms with Crippen molar-refractivity contribution in [3.05, 3.63) is 10.0 Å². The number of nitrogens with zero attached hydrogens (tertiary/aromatic N) is 2. The van der Waals surface area contributed by atoms with Crippen molar-refractivity contribution in [2.45, 2.75) is 52.0 Å². The lowest BCUT2D eigenvalue weighted by Gasteiger charge is -2.12. The summed E-state index contributed by atoms with van der Waals surface area (Å²) in [6, 6.07) is 0. The quantitative estimate of drug-likeness (QED) is 0.870. The van der Waals surface area contributed by atoms with Gasteiger partial charge in [-0.25, -0.2) is 0 Å². The molecule has 0 aliphatic carbocycles. The zero-order valence-electron chi connectivity index (χ0n) is 12.5. The maximum Gasteiger partial charge on any atom is 0.220 e. The average Bonchev–Trinajstić information content (AvgIpc) is 3.04. The summed E-state index contributed by atoms with van der Waals surface area (Å²) in [7, 11) is 0. The first kappa shape index (κ1) is 15.4. The molecule has 1 atom stereocenters. The highest BCUT2D eigenvalue weighted by Gasteiger charge is 2.19. The third kappa shape index (κ3) is 4.52. The van der Waals surface area contributed by atoms with Crippen LogP contribution >= 0.6 is 11.3 Å². The topological polar surface area (TPSA) is 66.9 Å². The monoisotopic (exact) mass is 296 g/mol. The van der Waals surface area contributed by atoms with Crippen LogP contribution in [0.3, 0.4) is 0 Å². The van der Waals surface area contributed by atoms with Gasteiger partial charge < -0.3 is 10.6 Å². The molecule has 5 nitrogen and oxygen atoms in total. The van der Waals surface area contributed by atoms with Crippen LogP contribution in [0.1, 0.15) is 50.0 Å². The fraction of sp³-hybridized carbons (Fsp3) is 0.786. The molecule has 20 heavy (non-hydrogen) atoms. The normalized spacial score (nSPS) is 19.2. The fourth-order valence-electron chi connectivity index (χ4n) is 2.19. The van der Waals surface area contributed by atoms with E-state index in [0.717, 1.165) is 29.5 Å². The van der Waals surface area contributed by atoms with Crippen molar-refractivity contribution in [3.63, 3.8) is 0 Å². The Labute approximate surface area is 124 Å². The van der Waals surface area contributed by atoms with E-state index in [1.54, 1.807) is 11.3 Å². The summed E-state index contributed by atoms with van der Waals surface area (Å²) in [4.78, 5) is 11.8. The zero-order chi connectivity index (χ0) is 14.6. The third-order valence-corrected chi connectivity index (χ3v) is 4.84. The van der Waals surface area contributed by atoms with Crippen LogP contribution in [0.15, 0.2) is 0 Å². The van der Waals surface area contributed by atoms with Crippen molar-refractivity contribution in [3.8, 4) is 0 Å². The van der Waals surface area contributed by atoms with E-state index < -0.39 is 0 Å². The fourth-order valence-corrected chi connectivity index (χ4v) is 3.02. The van der Waals surface area contributed by atoms with Crippen molar-refractivity contribution in [1.29, 1.82) is 0 Å². The van der Waals surface area contributed by atoms with Crippen LogP contribution in [-0.2, 0) is 16.8 Å². The molecule has 1 aliphatic rings. The van der Waals surface area contributed by atoms with E-state index in [-0.39, 0.29) is 11.3 Å². The number of hydrogen-bond acceptors (Lipinski definition) is 5. The van der Waals surface area contributed by atoms with Crippen molar-refractivity contribution in [1.82, 2.24) is 20.8 Å². The number of carbonyl (C=O) groups excluding carboxylic acids is 1. The van der Waals surface area contributed by atoms with Crippen molar-refractivity contribution in [2.24, 2.45) is 5.92 Å². The molecule has 2 N–H and O–H groups in total. The predicted molar refractivity (Wildman–Crippen MR) is 80.7 cm³/mol. The maximum atomic E-state index is 11.8. The van der Waals surface area contributed by atoms with E-state index in [1.807, 2.05) is 0 Å².